The van der Waals surface area contributed by atoms with Crippen LogP contribution in [0.4, 0.5) is 5.69 Å². The van der Waals surface area contributed by atoms with Crippen molar-refractivity contribution in [1.82, 2.24) is 4.98 Å². The highest BCUT2D eigenvalue weighted by molar-refractivity contribution is 7.92. The van der Waals surface area contributed by atoms with E-state index in [9.17, 15) is 8.42 Å². The molecule has 5 nitrogen and oxygen atoms in total. The van der Waals surface area contributed by atoms with E-state index < -0.39 is 10.0 Å². The summed E-state index contributed by atoms with van der Waals surface area (Å²) < 4.78 is 27.0. The molecule has 0 saturated heterocycles. The number of anilines is 1. The number of hydrogen-bond acceptors (Lipinski definition) is 4. The van der Waals surface area contributed by atoms with Crippen molar-refractivity contribution in [2.75, 3.05) is 11.3 Å². The molecule has 6 heteroatoms. The van der Waals surface area contributed by atoms with Gasteiger partial charge in [0.25, 0.3) is 10.0 Å². The van der Waals surface area contributed by atoms with Gasteiger partial charge in [-0.3, -0.25) is 9.71 Å². The first-order valence-electron chi connectivity index (χ1n) is 6.24. The highest BCUT2D eigenvalue weighted by Crippen LogP contribution is 2.15. The minimum absolute atomic E-state index is 0.0337. The lowest BCUT2D eigenvalue weighted by molar-refractivity contribution is 0.305. The van der Waals surface area contributed by atoms with Crippen LogP contribution in [0.15, 0.2) is 53.7 Å². The third-order valence-corrected chi connectivity index (χ3v) is 3.87. The Balaban J connectivity index is 2.25. The molecule has 0 aliphatic carbocycles. The maximum atomic E-state index is 12.2. The van der Waals surface area contributed by atoms with E-state index in [0.717, 1.165) is 0 Å². The SMILES string of the molecule is O=S(=O)(Nc1ccccc1)c1cncc(C#CCCO)c1. The molecule has 0 spiro atoms. The van der Waals surface area contributed by atoms with Gasteiger partial charge in [0.2, 0.25) is 0 Å². The maximum absolute atomic E-state index is 12.2. The predicted molar refractivity (Wildman–Crippen MR) is 80.1 cm³/mol. The molecular formula is C15H14N2O3S. The number of hydrogen-bond donors (Lipinski definition) is 2. The summed E-state index contributed by atoms with van der Waals surface area (Å²) in [5, 5.41) is 8.67. The molecule has 0 aliphatic heterocycles. The number of pyridine rings is 1. The van der Waals surface area contributed by atoms with Crippen LogP contribution < -0.4 is 4.72 Å². The van der Waals surface area contributed by atoms with Crippen LogP contribution in [0.5, 0.6) is 0 Å². The molecule has 2 N–H and O–H groups in total. The van der Waals surface area contributed by atoms with E-state index in [1.807, 2.05) is 0 Å². The number of para-hydroxylation sites is 1. The van der Waals surface area contributed by atoms with Gasteiger partial charge in [-0.2, -0.15) is 0 Å². The summed E-state index contributed by atoms with van der Waals surface area (Å²) in [6.07, 6.45) is 3.08. The van der Waals surface area contributed by atoms with Crippen molar-refractivity contribution < 1.29 is 13.5 Å². The van der Waals surface area contributed by atoms with Crippen molar-refractivity contribution in [3.05, 3.63) is 54.4 Å². The minimum atomic E-state index is -3.70. The molecule has 1 aromatic carbocycles. The van der Waals surface area contributed by atoms with E-state index in [2.05, 4.69) is 21.5 Å². The average molecular weight is 302 g/mol. The van der Waals surface area contributed by atoms with Gasteiger partial charge < -0.3 is 5.11 Å². The molecule has 1 heterocycles. The Bertz CT molecular complexity index is 762. The van der Waals surface area contributed by atoms with Gasteiger partial charge in [0.05, 0.1) is 6.61 Å². The zero-order valence-electron chi connectivity index (χ0n) is 11.2. The normalized spacial score (nSPS) is 10.5. The average Bonchev–Trinajstić information content (AvgIpc) is 2.48. The smallest absolute Gasteiger partial charge is 0.263 e. The summed E-state index contributed by atoms with van der Waals surface area (Å²) in [6, 6.07) is 10.1. The van der Waals surface area contributed by atoms with Crippen molar-refractivity contribution in [2.24, 2.45) is 0 Å². The standard InChI is InChI=1S/C15H14N2O3S/c18-9-5-4-6-13-10-15(12-16-11-13)21(19,20)17-14-7-2-1-3-8-14/h1-3,7-8,10-12,17-18H,5,9H2. The first-order chi connectivity index (χ1) is 10.1. The number of aliphatic hydroxyl groups excluding tert-OH is 1. The van der Waals surface area contributed by atoms with Gasteiger partial charge in [-0.05, 0) is 18.2 Å². The van der Waals surface area contributed by atoms with E-state index in [4.69, 9.17) is 5.11 Å². The molecule has 2 aromatic rings. The molecule has 0 radical (unpaired) electrons. The number of sulfonamides is 1. The quantitative estimate of drug-likeness (QED) is 0.841. The Hall–Kier alpha value is -2.36. The van der Waals surface area contributed by atoms with Crippen LogP contribution in [0.2, 0.25) is 0 Å². The fourth-order valence-corrected chi connectivity index (χ4v) is 2.62. The van der Waals surface area contributed by atoms with Crippen molar-refractivity contribution in [3.63, 3.8) is 0 Å². The zero-order valence-corrected chi connectivity index (χ0v) is 12.0. The molecule has 108 valence electrons. The summed E-state index contributed by atoms with van der Waals surface area (Å²) >= 11 is 0. The Labute approximate surface area is 123 Å². The maximum Gasteiger partial charge on any atom is 0.263 e. The highest BCUT2D eigenvalue weighted by atomic mass is 32.2. The number of benzene rings is 1. The Morgan fingerprint density at radius 1 is 1.19 bits per heavy atom. The largest absolute Gasteiger partial charge is 0.395 e. The Morgan fingerprint density at radius 3 is 2.67 bits per heavy atom. The van der Waals surface area contributed by atoms with Crippen LogP contribution in [0.3, 0.4) is 0 Å². The summed E-state index contributed by atoms with van der Waals surface area (Å²) in [5.41, 5.74) is 0.966. The zero-order chi connectivity index (χ0) is 15.1. The second-order valence-corrected chi connectivity index (χ2v) is 5.84. The van der Waals surface area contributed by atoms with Crippen LogP contribution >= 0.6 is 0 Å². The third-order valence-electron chi connectivity index (χ3n) is 2.52. The first-order valence-corrected chi connectivity index (χ1v) is 7.73. The topological polar surface area (TPSA) is 79.3 Å². The molecule has 0 unspecified atom stereocenters. The van der Waals surface area contributed by atoms with Gasteiger partial charge in [0.15, 0.2) is 0 Å². The second kappa shape index (κ2) is 6.88. The minimum Gasteiger partial charge on any atom is -0.395 e. The highest BCUT2D eigenvalue weighted by Gasteiger charge is 2.14. The third kappa shape index (κ3) is 4.31. The van der Waals surface area contributed by atoms with Crippen molar-refractivity contribution >= 4 is 15.7 Å². The molecule has 0 bridgehead atoms. The number of rotatable bonds is 4. The Morgan fingerprint density at radius 2 is 1.95 bits per heavy atom. The lowest BCUT2D eigenvalue weighted by Crippen LogP contribution is -2.13. The summed E-state index contributed by atoms with van der Waals surface area (Å²) in [7, 11) is -3.70. The molecule has 0 amide bonds. The van der Waals surface area contributed by atoms with E-state index in [0.29, 0.717) is 17.7 Å². The van der Waals surface area contributed by atoms with Crippen molar-refractivity contribution in [2.45, 2.75) is 11.3 Å². The van der Waals surface area contributed by atoms with Gasteiger partial charge in [-0.25, -0.2) is 8.42 Å². The molecule has 0 atom stereocenters. The van der Waals surface area contributed by atoms with E-state index >= 15 is 0 Å². The number of aromatic nitrogens is 1. The van der Waals surface area contributed by atoms with Crippen LogP contribution in [-0.4, -0.2) is 25.1 Å². The van der Waals surface area contributed by atoms with Crippen LogP contribution in [-0.2, 0) is 10.0 Å². The lowest BCUT2D eigenvalue weighted by atomic mass is 10.3. The summed E-state index contributed by atoms with van der Waals surface area (Å²) in [4.78, 5) is 3.93. The monoisotopic (exact) mass is 302 g/mol. The molecule has 0 aliphatic rings. The number of aliphatic hydroxyl groups is 1. The lowest BCUT2D eigenvalue weighted by Gasteiger charge is -2.07. The molecule has 0 saturated carbocycles. The van der Waals surface area contributed by atoms with Crippen molar-refractivity contribution in [3.8, 4) is 11.8 Å². The van der Waals surface area contributed by atoms with E-state index in [1.54, 1.807) is 30.3 Å². The summed E-state index contributed by atoms with van der Waals surface area (Å²) in [5.74, 6) is 5.48. The number of nitrogens with one attached hydrogen (secondary N) is 1. The van der Waals surface area contributed by atoms with E-state index in [-0.39, 0.29) is 11.5 Å². The molecule has 0 fully saturated rings. The van der Waals surface area contributed by atoms with Crippen LogP contribution in [0.1, 0.15) is 12.0 Å². The molecule has 1 aromatic heterocycles. The summed E-state index contributed by atoms with van der Waals surface area (Å²) in [6.45, 7) is -0.0337. The molecule has 21 heavy (non-hydrogen) atoms. The van der Waals surface area contributed by atoms with Gasteiger partial charge in [-0.15, -0.1) is 0 Å². The fraction of sp³-hybridized carbons (Fsp3) is 0.133. The second-order valence-electron chi connectivity index (χ2n) is 4.16. The van der Waals surface area contributed by atoms with Gasteiger partial charge in [0.1, 0.15) is 4.90 Å². The first kappa shape index (κ1) is 15.0. The number of nitrogens with zero attached hydrogens (tertiary/aromatic N) is 1. The Kier molecular flexibility index (Phi) is 4.93. The van der Waals surface area contributed by atoms with E-state index in [1.165, 1.54) is 18.5 Å². The molecular weight excluding hydrogens is 288 g/mol. The van der Waals surface area contributed by atoms with Crippen molar-refractivity contribution in [1.29, 1.82) is 0 Å². The van der Waals surface area contributed by atoms with Gasteiger partial charge in [-0.1, -0.05) is 30.0 Å². The van der Waals surface area contributed by atoms with Gasteiger partial charge in [0, 0.05) is 30.1 Å². The van der Waals surface area contributed by atoms with Gasteiger partial charge >= 0.3 is 0 Å². The fourth-order valence-electron chi connectivity index (χ4n) is 1.57. The van der Waals surface area contributed by atoms with Crippen LogP contribution in [0.25, 0.3) is 0 Å². The van der Waals surface area contributed by atoms with Crippen LogP contribution in [0, 0.1) is 11.8 Å². The molecule has 2 rings (SSSR count). The predicted octanol–water partition coefficient (Wildman–Crippen LogP) is 1.62.